The van der Waals surface area contributed by atoms with Crippen LogP contribution in [-0.4, -0.2) is 16.1 Å². The van der Waals surface area contributed by atoms with Crippen molar-refractivity contribution in [2.75, 3.05) is 0 Å². The molecule has 0 aliphatic carbocycles. The zero-order valence-corrected chi connectivity index (χ0v) is 13.1. The lowest BCUT2D eigenvalue weighted by Crippen LogP contribution is -1.95. The molecule has 0 atom stereocenters. The Bertz CT molecular complexity index is 588. The molecule has 2 rings (SSSR count). The number of hydrogen-bond donors (Lipinski definition) is 1. The number of nitrogens with zero attached hydrogens (tertiary/aromatic N) is 1. The van der Waals surface area contributed by atoms with Crippen molar-refractivity contribution in [3.8, 4) is 11.1 Å². The van der Waals surface area contributed by atoms with Gasteiger partial charge in [-0.05, 0) is 36.6 Å². The fourth-order valence-electron chi connectivity index (χ4n) is 2.46. The predicted molar refractivity (Wildman–Crippen MR) is 89.1 cm³/mol. The first kappa shape index (κ1) is 16.2. The minimum atomic E-state index is -0.900. The van der Waals surface area contributed by atoms with Gasteiger partial charge in [0.15, 0.2) is 0 Å². The van der Waals surface area contributed by atoms with Crippen molar-refractivity contribution in [3.63, 3.8) is 0 Å². The molecule has 0 saturated carbocycles. The summed E-state index contributed by atoms with van der Waals surface area (Å²) in [6.07, 6.45) is 9.27. The van der Waals surface area contributed by atoms with E-state index in [0.717, 1.165) is 23.2 Å². The van der Waals surface area contributed by atoms with Crippen molar-refractivity contribution in [2.45, 2.75) is 45.4 Å². The van der Waals surface area contributed by atoms with Crippen LogP contribution in [0.25, 0.3) is 11.1 Å². The lowest BCUT2D eigenvalue weighted by molar-refractivity contribution is 0.0697. The van der Waals surface area contributed by atoms with E-state index >= 15 is 0 Å². The van der Waals surface area contributed by atoms with Gasteiger partial charge in [0.2, 0.25) is 0 Å². The summed E-state index contributed by atoms with van der Waals surface area (Å²) < 4.78 is 0. The third kappa shape index (κ3) is 4.69. The summed E-state index contributed by atoms with van der Waals surface area (Å²) in [5, 5.41) is 8.91. The van der Waals surface area contributed by atoms with Crippen LogP contribution in [0.2, 0.25) is 0 Å². The minimum absolute atomic E-state index is 0.306. The molecule has 0 spiro atoms. The first-order valence-corrected chi connectivity index (χ1v) is 7.99. The highest BCUT2D eigenvalue weighted by Gasteiger charge is 2.04. The van der Waals surface area contributed by atoms with Crippen molar-refractivity contribution in [1.29, 1.82) is 0 Å². The quantitative estimate of drug-likeness (QED) is 0.701. The van der Waals surface area contributed by atoms with E-state index in [4.69, 9.17) is 5.11 Å². The molecule has 0 aliphatic rings. The van der Waals surface area contributed by atoms with Crippen LogP contribution < -0.4 is 0 Å². The van der Waals surface area contributed by atoms with Crippen LogP contribution in [0.3, 0.4) is 0 Å². The Morgan fingerprint density at radius 3 is 2.23 bits per heavy atom. The van der Waals surface area contributed by atoms with Crippen LogP contribution in [0, 0.1) is 0 Å². The van der Waals surface area contributed by atoms with Gasteiger partial charge in [0.05, 0.1) is 5.56 Å². The molecule has 22 heavy (non-hydrogen) atoms. The number of aryl methyl sites for hydroxylation is 1. The van der Waals surface area contributed by atoms with E-state index in [9.17, 15) is 4.79 Å². The molecule has 0 fully saturated rings. The fraction of sp³-hybridized carbons (Fsp3) is 0.368. The van der Waals surface area contributed by atoms with E-state index in [1.54, 1.807) is 12.1 Å². The number of aromatic carboxylic acids is 1. The van der Waals surface area contributed by atoms with Crippen molar-refractivity contribution in [1.82, 2.24) is 4.98 Å². The molecule has 1 N–H and O–H groups in total. The molecule has 116 valence electrons. The molecule has 2 aromatic rings. The molecule has 0 unspecified atom stereocenters. The molecule has 0 bridgehead atoms. The highest BCUT2D eigenvalue weighted by atomic mass is 16.4. The smallest absolute Gasteiger partial charge is 0.335 e. The largest absolute Gasteiger partial charge is 0.478 e. The SMILES string of the molecule is CCCCCCCc1ccc(-c2ccc(C(=O)O)cc2)cn1. The Hall–Kier alpha value is -2.16. The molecule has 1 aromatic heterocycles. The summed E-state index contributed by atoms with van der Waals surface area (Å²) in [7, 11) is 0. The Morgan fingerprint density at radius 1 is 0.955 bits per heavy atom. The van der Waals surface area contributed by atoms with Crippen LogP contribution in [0.5, 0.6) is 0 Å². The number of benzene rings is 1. The zero-order valence-electron chi connectivity index (χ0n) is 13.1. The maximum atomic E-state index is 10.8. The van der Waals surface area contributed by atoms with E-state index in [1.807, 2.05) is 18.3 Å². The Balaban J connectivity index is 1.92. The van der Waals surface area contributed by atoms with E-state index in [2.05, 4.69) is 24.0 Å². The van der Waals surface area contributed by atoms with Crippen LogP contribution in [0.15, 0.2) is 42.6 Å². The van der Waals surface area contributed by atoms with Gasteiger partial charge in [-0.3, -0.25) is 4.98 Å². The molecule has 0 saturated heterocycles. The average Bonchev–Trinajstić information content (AvgIpc) is 2.55. The topological polar surface area (TPSA) is 50.2 Å². The predicted octanol–water partition coefficient (Wildman–Crippen LogP) is 4.96. The van der Waals surface area contributed by atoms with Gasteiger partial charge in [0, 0.05) is 17.5 Å². The number of hydrogen-bond acceptors (Lipinski definition) is 2. The minimum Gasteiger partial charge on any atom is -0.478 e. The number of carboxylic acid groups (broad SMARTS) is 1. The zero-order chi connectivity index (χ0) is 15.8. The normalized spacial score (nSPS) is 10.6. The Kier molecular flexibility index (Phi) is 6.13. The van der Waals surface area contributed by atoms with Crippen LogP contribution in [0.1, 0.15) is 55.1 Å². The second kappa shape index (κ2) is 8.32. The molecule has 0 aliphatic heterocycles. The second-order valence-electron chi connectivity index (χ2n) is 5.58. The Morgan fingerprint density at radius 2 is 1.64 bits per heavy atom. The van der Waals surface area contributed by atoms with Gasteiger partial charge in [-0.1, -0.05) is 50.8 Å². The average molecular weight is 297 g/mol. The van der Waals surface area contributed by atoms with Crippen molar-refractivity contribution < 1.29 is 9.90 Å². The maximum absolute atomic E-state index is 10.8. The van der Waals surface area contributed by atoms with Gasteiger partial charge in [0.25, 0.3) is 0 Å². The first-order valence-electron chi connectivity index (χ1n) is 7.99. The van der Waals surface area contributed by atoms with E-state index in [1.165, 1.54) is 32.1 Å². The summed E-state index contributed by atoms with van der Waals surface area (Å²) >= 11 is 0. The van der Waals surface area contributed by atoms with Gasteiger partial charge in [-0.25, -0.2) is 4.79 Å². The third-order valence-corrected chi connectivity index (χ3v) is 3.83. The highest BCUT2D eigenvalue weighted by molar-refractivity contribution is 5.88. The van der Waals surface area contributed by atoms with Crippen LogP contribution >= 0.6 is 0 Å². The third-order valence-electron chi connectivity index (χ3n) is 3.83. The second-order valence-corrected chi connectivity index (χ2v) is 5.58. The van der Waals surface area contributed by atoms with Crippen molar-refractivity contribution in [3.05, 3.63) is 53.9 Å². The van der Waals surface area contributed by atoms with Gasteiger partial charge < -0.3 is 5.11 Å². The van der Waals surface area contributed by atoms with E-state index in [0.29, 0.717) is 5.56 Å². The number of aromatic nitrogens is 1. The summed E-state index contributed by atoms with van der Waals surface area (Å²) in [6.45, 7) is 2.23. The molecule has 1 aromatic carbocycles. The number of carbonyl (C=O) groups is 1. The van der Waals surface area contributed by atoms with Crippen molar-refractivity contribution in [2.24, 2.45) is 0 Å². The molecular weight excluding hydrogens is 274 g/mol. The van der Waals surface area contributed by atoms with Crippen LogP contribution in [0.4, 0.5) is 0 Å². The number of rotatable bonds is 8. The van der Waals surface area contributed by atoms with Crippen LogP contribution in [-0.2, 0) is 6.42 Å². The monoisotopic (exact) mass is 297 g/mol. The molecular formula is C19H23NO2. The summed E-state index contributed by atoms with van der Waals surface area (Å²) in [4.78, 5) is 15.4. The molecule has 0 radical (unpaired) electrons. The standard InChI is InChI=1S/C19H23NO2/c1-2-3-4-5-6-7-18-13-12-17(14-20-18)15-8-10-16(11-9-15)19(21)22/h8-14H,2-7H2,1H3,(H,21,22). The lowest BCUT2D eigenvalue weighted by atomic mass is 10.0. The number of pyridine rings is 1. The fourth-order valence-corrected chi connectivity index (χ4v) is 2.46. The lowest BCUT2D eigenvalue weighted by Gasteiger charge is -2.05. The first-order chi connectivity index (χ1) is 10.7. The van der Waals surface area contributed by atoms with Crippen molar-refractivity contribution >= 4 is 5.97 Å². The molecule has 0 amide bonds. The van der Waals surface area contributed by atoms with Gasteiger partial charge in [-0.2, -0.15) is 0 Å². The molecule has 3 nitrogen and oxygen atoms in total. The summed E-state index contributed by atoms with van der Waals surface area (Å²) in [6, 6.07) is 11.0. The Labute approximate surface area is 132 Å². The number of unbranched alkanes of at least 4 members (excludes halogenated alkanes) is 4. The summed E-state index contributed by atoms with van der Waals surface area (Å²) in [5.74, 6) is -0.900. The number of carboxylic acids is 1. The maximum Gasteiger partial charge on any atom is 0.335 e. The molecule has 1 heterocycles. The van der Waals surface area contributed by atoms with Gasteiger partial charge in [0.1, 0.15) is 0 Å². The van der Waals surface area contributed by atoms with E-state index in [-0.39, 0.29) is 0 Å². The van der Waals surface area contributed by atoms with Gasteiger partial charge >= 0.3 is 5.97 Å². The molecule has 3 heteroatoms. The highest BCUT2D eigenvalue weighted by Crippen LogP contribution is 2.19. The summed E-state index contributed by atoms with van der Waals surface area (Å²) in [5.41, 5.74) is 3.45. The van der Waals surface area contributed by atoms with Gasteiger partial charge in [-0.15, -0.1) is 0 Å². The van der Waals surface area contributed by atoms with E-state index < -0.39 is 5.97 Å².